The van der Waals surface area contributed by atoms with E-state index in [9.17, 15) is 19.5 Å². The van der Waals surface area contributed by atoms with Crippen molar-refractivity contribution in [2.45, 2.75) is 25.9 Å². The highest BCUT2D eigenvalue weighted by Gasteiger charge is 2.30. The first kappa shape index (κ1) is 21.3. The van der Waals surface area contributed by atoms with Crippen molar-refractivity contribution in [2.75, 3.05) is 39.5 Å². The number of carbonyl (C=O) groups excluding carboxylic acids is 2. The van der Waals surface area contributed by atoms with Crippen molar-refractivity contribution < 1.29 is 19.4 Å². The van der Waals surface area contributed by atoms with Gasteiger partial charge in [-0.3, -0.25) is 14.4 Å². The van der Waals surface area contributed by atoms with Crippen LogP contribution in [0.2, 0.25) is 0 Å². The zero-order chi connectivity index (χ0) is 21.8. The number of fused-ring (bicyclic) bond motifs is 1. The van der Waals surface area contributed by atoms with Crippen LogP contribution >= 0.6 is 0 Å². The molecule has 0 saturated carbocycles. The summed E-state index contributed by atoms with van der Waals surface area (Å²) in [4.78, 5) is 42.2. The fourth-order valence-corrected chi connectivity index (χ4v) is 4.25. The van der Waals surface area contributed by atoms with Gasteiger partial charge in [-0.1, -0.05) is 30.3 Å². The van der Waals surface area contributed by atoms with Gasteiger partial charge in [0.25, 0.3) is 11.5 Å². The average Bonchev–Trinajstić information content (AvgIpc) is 3.09. The van der Waals surface area contributed by atoms with Gasteiger partial charge in [0.15, 0.2) is 0 Å². The second-order valence-corrected chi connectivity index (χ2v) is 7.91. The molecule has 1 saturated heterocycles. The van der Waals surface area contributed by atoms with Gasteiger partial charge >= 0.3 is 0 Å². The molecule has 2 aliphatic rings. The van der Waals surface area contributed by atoms with Crippen LogP contribution in [0.15, 0.2) is 41.3 Å². The molecular weight excluding hydrogens is 398 g/mol. The highest BCUT2D eigenvalue weighted by atomic mass is 16.5. The molecule has 0 atom stereocenters. The number of carbonyl (C=O) groups is 2. The Kier molecular flexibility index (Phi) is 6.48. The molecule has 1 N–H and O–H groups in total. The first-order valence-corrected chi connectivity index (χ1v) is 10.6. The molecule has 3 heterocycles. The smallest absolute Gasteiger partial charge is 0.264 e. The highest BCUT2D eigenvalue weighted by Crippen LogP contribution is 2.23. The number of amides is 2. The number of hydrogen-bond donors (Lipinski definition) is 1. The van der Waals surface area contributed by atoms with E-state index < -0.39 is 6.61 Å². The maximum absolute atomic E-state index is 13.5. The van der Waals surface area contributed by atoms with Gasteiger partial charge in [0.2, 0.25) is 5.91 Å². The number of nitrogens with zero attached hydrogens (tertiary/aromatic N) is 3. The summed E-state index contributed by atoms with van der Waals surface area (Å²) in [5.41, 5.74) is 2.33. The Hall–Kier alpha value is -2.97. The minimum absolute atomic E-state index is 0.200. The lowest BCUT2D eigenvalue weighted by molar-refractivity contribution is -0.135. The van der Waals surface area contributed by atoms with Crippen LogP contribution in [0.5, 0.6) is 0 Å². The van der Waals surface area contributed by atoms with Gasteiger partial charge in [-0.15, -0.1) is 0 Å². The van der Waals surface area contributed by atoms with E-state index in [0.717, 1.165) is 17.5 Å². The van der Waals surface area contributed by atoms with Crippen LogP contribution in [0, 0.1) is 0 Å². The molecule has 0 spiro atoms. The summed E-state index contributed by atoms with van der Waals surface area (Å²) >= 11 is 0. The van der Waals surface area contributed by atoms with Crippen LogP contribution in [-0.2, 0) is 29.0 Å². The van der Waals surface area contributed by atoms with Gasteiger partial charge in [-0.2, -0.15) is 0 Å². The molecule has 4 rings (SSSR count). The lowest BCUT2D eigenvalue weighted by Gasteiger charge is -2.31. The lowest BCUT2D eigenvalue weighted by atomic mass is 9.95. The van der Waals surface area contributed by atoms with Crippen LogP contribution in [0.25, 0.3) is 0 Å². The van der Waals surface area contributed by atoms with Crippen LogP contribution in [-0.4, -0.2) is 70.7 Å². The molecule has 8 nitrogen and oxygen atoms in total. The van der Waals surface area contributed by atoms with Crippen LogP contribution in [0.1, 0.15) is 33.5 Å². The molecule has 2 amide bonds. The minimum atomic E-state index is -0.557. The summed E-state index contributed by atoms with van der Waals surface area (Å²) in [5.74, 6) is -0.625. The van der Waals surface area contributed by atoms with Crippen LogP contribution < -0.4 is 5.56 Å². The number of hydrogen-bond acceptors (Lipinski definition) is 5. The Balaban J connectivity index is 1.76. The third kappa shape index (κ3) is 4.55. The molecule has 31 heavy (non-hydrogen) atoms. The number of aliphatic hydroxyl groups is 1. The van der Waals surface area contributed by atoms with Crippen molar-refractivity contribution in [2.24, 2.45) is 0 Å². The van der Waals surface area contributed by atoms with Gasteiger partial charge in [0.05, 0.1) is 13.2 Å². The minimum Gasteiger partial charge on any atom is -0.387 e. The Morgan fingerprint density at radius 1 is 1.03 bits per heavy atom. The molecule has 0 unspecified atom stereocenters. The summed E-state index contributed by atoms with van der Waals surface area (Å²) in [7, 11) is 0. The zero-order valence-electron chi connectivity index (χ0n) is 17.5. The maximum atomic E-state index is 13.5. The summed E-state index contributed by atoms with van der Waals surface area (Å²) < 4.78 is 7.02. The van der Waals surface area contributed by atoms with Crippen molar-refractivity contribution in [3.05, 3.63) is 69.1 Å². The molecule has 164 valence electrons. The number of aliphatic hydroxyl groups excluding tert-OH is 1. The number of rotatable bonds is 4. The number of pyridine rings is 1. The molecule has 1 aromatic carbocycles. The Morgan fingerprint density at radius 3 is 2.61 bits per heavy atom. The quantitative estimate of drug-likeness (QED) is 0.776. The van der Waals surface area contributed by atoms with E-state index >= 15 is 0 Å². The van der Waals surface area contributed by atoms with Crippen molar-refractivity contribution in [1.82, 2.24) is 14.4 Å². The molecule has 2 aliphatic heterocycles. The Labute approximate surface area is 180 Å². The van der Waals surface area contributed by atoms with E-state index in [4.69, 9.17) is 4.74 Å². The van der Waals surface area contributed by atoms with E-state index in [1.54, 1.807) is 20.6 Å². The SMILES string of the molecule is O=C(CO)N1CCc2c(cn(Cc3ccccc3)c(=O)c2C(=O)N2CCCOCC2)C1. The predicted octanol–water partition coefficient (Wildman–Crippen LogP) is 0.636. The summed E-state index contributed by atoms with van der Waals surface area (Å²) in [6.07, 6.45) is 2.90. The molecule has 0 aliphatic carbocycles. The standard InChI is InChI=1S/C23H27N3O5/c27-16-20(28)25-9-7-19-18(14-25)15-26(13-17-5-2-1-3-6-17)23(30)21(19)22(29)24-8-4-11-31-12-10-24/h1-3,5-6,15,27H,4,7-14,16H2. The second-order valence-electron chi connectivity index (χ2n) is 7.91. The molecule has 0 radical (unpaired) electrons. The van der Waals surface area contributed by atoms with Crippen molar-refractivity contribution in [1.29, 1.82) is 0 Å². The predicted molar refractivity (Wildman–Crippen MR) is 114 cm³/mol. The third-order valence-electron chi connectivity index (χ3n) is 5.88. The van der Waals surface area contributed by atoms with Gasteiger partial charge in [-0.25, -0.2) is 0 Å². The van der Waals surface area contributed by atoms with E-state index in [1.807, 2.05) is 30.3 Å². The van der Waals surface area contributed by atoms with Gasteiger partial charge in [-0.05, 0) is 29.5 Å². The van der Waals surface area contributed by atoms with Gasteiger partial charge in [0.1, 0.15) is 12.2 Å². The number of ether oxygens (including phenoxy) is 1. The third-order valence-corrected chi connectivity index (χ3v) is 5.88. The summed E-state index contributed by atoms with van der Waals surface area (Å²) in [6, 6.07) is 9.59. The van der Waals surface area contributed by atoms with Gasteiger partial charge < -0.3 is 24.2 Å². The fourth-order valence-electron chi connectivity index (χ4n) is 4.25. The molecule has 1 aromatic heterocycles. The normalized spacial score (nSPS) is 16.5. The average molecular weight is 425 g/mol. The zero-order valence-corrected chi connectivity index (χ0v) is 17.5. The monoisotopic (exact) mass is 425 g/mol. The molecule has 1 fully saturated rings. The van der Waals surface area contributed by atoms with Crippen LogP contribution in [0.3, 0.4) is 0 Å². The van der Waals surface area contributed by atoms with E-state index in [2.05, 4.69) is 0 Å². The largest absolute Gasteiger partial charge is 0.387 e. The van der Waals surface area contributed by atoms with E-state index in [-0.39, 0.29) is 29.5 Å². The van der Waals surface area contributed by atoms with Crippen molar-refractivity contribution in [3.8, 4) is 0 Å². The topological polar surface area (TPSA) is 92.1 Å². The number of benzene rings is 1. The van der Waals surface area contributed by atoms with Crippen molar-refractivity contribution in [3.63, 3.8) is 0 Å². The molecule has 0 bridgehead atoms. The Bertz CT molecular complexity index is 1010. The summed E-state index contributed by atoms with van der Waals surface area (Å²) in [5, 5.41) is 9.25. The molecular formula is C23H27N3O5. The van der Waals surface area contributed by atoms with E-state index in [1.165, 1.54) is 0 Å². The maximum Gasteiger partial charge on any atom is 0.264 e. The molecule has 8 heteroatoms. The fraction of sp³-hybridized carbons (Fsp3) is 0.435. The second kappa shape index (κ2) is 9.45. The van der Waals surface area contributed by atoms with Gasteiger partial charge in [0, 0.05) is 39.0 Å². The van der Waals surface area contributed by atoms with E-state index in [0.29, 0.717) is 51.4 Å². The highest BCUT2D eigenvalue weighted by molar-refractivity contribution is 5.96. The first-order chi connectivity index (χ1) is 15.1. The molecule has 2 aromatic rings. The summed E-state index contributed by atoms with van der Waals surface area (Å²) in [6.45, 7) is 2.49. The number of aromatic nitrogens is 1. The lowest BCUT2D eigenvalue weighted by Crippen LogP contribution is -2.43. The first-order valence-electron chi connectivity index (χ1n) is 10.6. The van der Waals surface area contributed by atoms with Crippen LogP contribution in [0.4, 0.5) is 0 Å². The van der Waals surface area contributed by atoms with Crippen molar-refractivity contribution >= 4 is 11.8 Å². The Morgan fingerprint density at radius 2 is 1.84 bits per heavy atom.